The number of aliphatic hydroxyl groups excluding tert-OH is 4. The van der Waals surface area contributed by atoms with Crippen molar-refractivity contribution < 1.29 is 20.4 Å². The predicted octanol–water partition coefficient (Wildman–Crippen LogP) is -0.664. The standard InChI is InChI=1S/C15H20N4O5S/c20-6-9(22)12(23)8(21)5-16-19-15-17-13(24)11-7-3-1-2-4-10(7)25-14(11)18-15/h5,8-9,12,20-23H,1-4,6H2,(H2,17,18,19,24)/b16-5+/t8-,9-,12+/m1/s1. The van der Waals surface area contributed by atoms with Crippen molar-refractivity contribution in [3.63, 3.8) is 0 Å². The molecule has 0 aliphatic heterocycles. The molecule has 6 N–H and O–H groups in total. The summed E-state index contributed by atoms with van der Waals surface area (Å²) in [5.41, 5.74) is 3.35. The largest absolute Gasteiger partial charge is 0.394 e. The number of hydrogen-bond donors (Lipinski definition) is 6. The average molecular weight is 368 g/mol. The van der Waals surface area contributed by atoms with E-state index < -0.39 is 24.9 Å². The zero-order valence-electron chi connectivity index (χ0n) is 13.3. The van der Waals surface area contributed by atoms with E-state index in [0.717, 1.165) is 37.5 Å². The number of thiophene rings is 1. The summed E-state index contributed by atoms with van der Waals surface area (Å²) in [4.78, 5) is 21.1. The highest BCUT2D eigenvalue weighted by atomic mass is 32.1. The number of aryl methyl sites for hydroxylation is 2. The van der Waals surface area contributed by atoms with Crippen molar-refractivity contribution in [3.05, 3.63) is 20.8 Å². The van der Waals surface area contributed by atoms with Gasteiger partial charge in [0.1, 0.15) is 23.1 Å². The Morgan fingerprint density at radius 1 is 1.32 bits per heavy atom. The van der Waals surface area contributed by atoms with E-state index in [1.807, 2.05) is 0 Å². The highest BCUT2D eigenvalue weighted by Gasteiger charge is 2.23. The molecule has 0 amide bonds. The van der Waals surface area contributed by atoms with Crippen LogP contribution < -0.4 is 11.0 Å². The first kappa shape index (κ1) is 18.0. The maximum Gasteiger partial charge on any atom is 0.261 e. The molecule has 2 aromatic rings. The van der Waals surface area contributed by atoms with Gasteiger partial charge < -0.3 is 20.4 Å². The Kier molecular flexibility index (Phi) is 5.45. The fourth-order valence-electron chi connectivity index (χ4n) is 2.82. The number of anilines is 1. The molecule has 0 aromatic carbocycles. The van der Waals surface area contributed by atoms with Gasteiger partial charge >= 0.3 is 0 Å². The van der Waals surface area contributed by atoms with Gasteiger partial charge in [0.15, 0.2) is 0 Å². The maximum atomic E-state index is 12.3. The normalized spacial score (nSPS) is 18.2. The molecule has 25 heavy (non-hydrogen) atoms. The van der Waals surface area contributed by atoms with Gasteiger partial charge in [-0.1, -0.05) is 0 Å². The number of H-pyrrole nitrogens is 1. The summed E-state index contributed by atoms with van der Waals surface area (Å²) in [5, 5.41) is 41.5. The first-order valence-electron chi connectivity index (χ1n) is 8.00. The SMILES string of the molecule is O=c1[nH]c(N/N=C/[C@@H](O)[C@H](O)[C@H](O)CO)nc2sc3c(c12)CCCC3. The maximum absolute atomic E-state index is 12.3. The number of fused-ring (bicyclic) bond motifs is 3. The molecule has 1 aliphatic carbocycles. The van der Waals surface area contributed by atoms with E-state index in [0.29, 0.717) is 10.2 Å². The summed E-state index contributed by atoms with van der Waals surface area (Å²) in [6, 6.07) is 0. The topological polar surface area (TPSA) is 151 Å². The van der Waals surface area contributed by atoms with Crippen molar-refractivity contribution >= 4 is 33.7 Å². The van der Waals surface area contributed by atoms with Crippen LogP contribution in [0.2, 0.25) is 0 Å². The molecule has 3 atom stereocenters. The van der Waals surface area contributed by atoms with Gasteiger partial charge in [-0.3, -0.25) is 9.78 Å². The minimum atomic E-state index is -1.57. The first-order chi connectivity index (χ1) is 12.0. The van der Waals surface area contributed by atoms with Crippen LogP contribution in [0.4, 0.5) is 5.95 Å². The van der Waals surface area contributed by atoms with Gasteiger partial charge in [0.2, 0.25) is 5.95 Å². The van der Waals surface area contributed by atoms with Gasteiger partial charge in [0, 0.05) is 4.88 Å². The zero-order valence-corrected chi connectivity index (χ0v) is 14.2. The summed E-state index contributed by atoms with van der Waals surface area (Å²) < 4.78 is 0. The van der Waals surface area contributed by atoms with Crippen LogP contribution in [0, 0.1) is 0 Å². The predicted molar refractivity (Wildman–Crippen MR) is 94.1 cm³/mol. The molecule has 0 saturated carbocycles. The number of hydrogen-bond acceptors (Lipinski definition) is 9. The van der Waals surface area contributed by atoms with Crippen LogP contribution in [0.25, 0.3) is 10.2 Å². The second-order valence-electron chi connectivity index (χ2n) is 5.93. The molecule has 3 rings (SSSR count). The number of aromatic nitrogens is 2. The fraction of sp³-hybridized carbons (Fsp3) is 0.533. The molecule has 0 bridgehead atoms. The van der Waals surface area contributed by atoms with Crippen LogP contribution in [0.1, 0.15) is 23.3 Å². The van der Waals surface area contributed by atoms with Crippen LogP contribution in [0.15, 0.2) is 9.90 Å². The van der Waals surface area contributed by atoms with Crippen LogP contribution >= 0.6 is 11.3 Å². The van der Waals surface area contributed by atoms with Crippen molar-refractivity contribution in [2.75, 3.05) is 12.0 Å². The molecule has 2 aromatic heterocycles. The average Bonchev–Trinajstić information content (AvgIpc) is 2.99. The molecule has 10 heteroatoms. The Morgan fingerprint density at radius 3 is 2.84 bits per heavy atom. The Bertz CT molecular complexity index is 833. The van der Waals surface area contributed by atoms with Crippen molar-refractivity contribution in [2.24, 2.45) is 5.10 Å². The lowest BCUT2D eigenvalue weighted by atomic mass is 9.97. The highest BCUT2D eigenvalue weighted by molar-refractivity contribution is 7.18. The quantitative estimate of drug-likeness (QED) is 0.292. The van der Waals surface area contributed by atoms with E-state index in [2.05, 4.69) is 20.5 Å². The van der Waals surface area contributed by atoms with Crippen LogP contribution in [0.3, 0.4) is 0 Å². The molecule has 9 nitrogen and oxygen atoms in total. The van der Waals surface area contributed by atoms with Gasteiger partial charge in [-0.15, -0.1) is 11.3 Å². The first-order valence-corrected chi connectivity index (χ1v) is 8.81. The summed E-state index contributed by atoms with van der Waals surface area (Å²) >= 11 is 1.51. The molecule has 0 radical (unpaired) electrons. The van der Waals surface area contributed by atoms with E-state index in [1.165, 1.54) is 16.2 Å². The molecular weight excluding hydrogens is 348 g/mol. The zero-order chi connectivity index (χ0) is 18.0. The third-order valence-electron chi connectivity index (χ3n) is 4.15. The highest BCUT2D eigenvalue weighted by Crippen LogP contribution is 2.33. The van der Waals surface area contributed by atoms with E-state index in [4.69, 9.17) is 5.11 Å². The Balaban J connectivity index is 1.76. The van der Waals surface area contributed by atoms with Crippen LogP contribution in [-0.2, 0) is 12.8 Å². The number of nitrogens with one attached hydrogen (secondary N) is 2. The second-order valence-corrected chi connectivity index (χ2v) is 7.01. The van der Waals surface area contributed by atoms with Crippen molar-refractivity contribution in [1.82, 2.24) is 9.97 Å². The van der Waals surface area contributed by atoms with Crippen LogP contribution in [-0.4, -0.2) is 61.5 Å². The molecule has 0 spiro atoms. The second kappa shape index (κ2) is 7.58. The number of aromatic amines is 1. The van der Waals surface area contributed by atoms with E-state index >= 15 is 0 Å². The van der Waals surface area contributed by atoms with Gasteiger partial charge in [-0.05, 0) is 31.2 Å². The van der Waals surface area contributed by atoms with Gasteiger partial charge in [-0.25, -0.2) is 10.4 Å². The fourth-order valence-corrected chi connectivity index (χ4v) is 4.08. The van der Waals surface area contributed by atoms with Crippen LogP contribution in [0.5, 0.6) is 0 Å². The summed E-state index contributed by atoms with van der Waals surface area (Å²) in [7, 11) is 0. The molecule has 136 valence electrons. The monoisotopic (exact) mass is 368 g/mol. The number of hydrazone groups is 1. The van der Waals surface area contributed by atoms with Crippen molar-refractivity contribution in [1.29, 1.82) is 0 Å². The smallest absolute Gasteiger partial charge is 0.261 e. The molecular formula is C15H20N4O5S. The number of aliphatic hydroxyl groups is 4. The lowest BCUT2D eigenvalue weighted by Gasteiger charge is -2.17. The third kappa shape index (κ3) is 3.72. The minimum absolute atomic E-state index is 0.122. The molecule has 0 fully saturated rings. The van der Waals surface area contributed by atoms with Crippen molar-refractivity contribution in [2.45, 2.75) is 44.0 Å². The van der Waals surface area contributed by atoms with Gasteiger partial charge in [-0.2, -0.15) is 5.10 Å². The van der Waals surface area contributed by atoms with E-state index in [1.54, 1.807) is 0 Å². The number of nitrogens with zero attached hydrogens (tertiary/aromatic N) is 2. The Hall–Kier alpha value is -1.85. The van der Waals surface area contributed by atoms with E-state index in [9.17, 15) is 20.1 Å². The van der Waals surface area contributed by atoms with Crippen molar-refractivity contribution in [3.8, 4) is 0 Å². The lowest BCUT2D eigenvalue weighted by molar-refractivity contribution is -0.0541. The van der Waals surface area contributed by atoms with Gasteiger partial charge in [0.05, 0.1) is 18.2 Å². The Morgan fingerprint density at radius 2 is 2.08 bits per heavy atom. The molecule has 1 aliphatic rings. The lowest BCUT2D eigenvalue weighted by Crippen LogP contribution is -2.40. The molecule has 2 heterocycles. The van der Waals surface area contributed by atoms with Gasteiger partial charge in [0.25, 0.3) is 5.56 Å². The molecule has 0 unspecified atom stereocenters. The minimum Gasteiger partial charge on any atom is -0.394 e. The number of rotatable bonds is 6. The summed E-state index contributed by atoms with van der Waals surface area (Å²) in [6.07, 6.45) is 0.459. The summed E-state index contributed by atoms with van der Waals surface area (Å²) in [5.74, 6) is 0.122. The molecule has 0 saturated heterocycles. The third-order valence-corrected chi connectivity index (χ3v) is 5.34. The van der Waals surface area contributed by atoms with E-state index in [-0.39, 0.29) is 11.5 Å². The Labute approximate surface area is 146 Å². The summed E-state index contributed by atoms with van der Waals surface area (Å²) in [6.45, 7) is -0.686.